The number of nitrogens with one attached hydrogen (secondary N) is 2. The molecule has 1 atom stereocenters. The molecule has 2 aromatic rings. The Balaban J connectivity index is 1.75. The molecule has 0 aromatic heterocycles. The van der Waals surface area contributed by atoms with Crippen molar-refractivity contribution in [2.24, 2.45) is 4.99 Å². The van der Waals surface area contributed by atoms with Crippen molar-refractivity contribution in [2.75, 3.05) is 65.5 Å². The maximum atomic E-state index is 13.2. The van der Waals surface area contributed by atoms with Crippen LogP contribution < -0.4 is 14.8 Å². The van der Waals surface area contributed by atoms with Gasteiger partial charge in [-0.25, -0.2) is 4.79 Å². The number of aliphatic imine (C=N–C) groups is 1. The van der Waals surface area contributed by atoms with Crippen LogP contribution in [-0.2, 0) is 11.3 Å². The van der Waals surface area contributed by atoms with E-state index in [1.807, 2.05) is 49.4 Å². The average molecular weight is 496 g/mol. The highest BCUT2D eigenvalue weighted by atomic mass is 16.5. The van der Waals surface area contributed by atoms with Gasteiger partial charge in [-0.15, -0.1) is 0 Å². The molecule has 2 N–H and O–H groups in total. The predicted molar refractivity (Wildman–Crippen MR) is 143 cm³/mol. The van der Waals surface area contributed by atoms with Crippen molar-refractivity contribution in [3.05, 3.63) is 53.6 Å². The van der Waals surface area contributed by atoms with Crippen molar-refractivity contribution in [1.29, 1.82) is 5.41 Å². The van der Waals surface area contributed by atoms with Gasteiger partial charge in [0, 0.05) is 52.2 Å². The third kappa shape index (κ3) is 7.79. The van der Waals surface area contributed by atoms with Crippen LogP contribution in [-0.4, -0.2) is 88.4 Å². The smallest absolute Gasteiger partial charge is 0.322 e. The molecule has 1 aliphatic rings. The molecule has 0 bridgehead atoms. The van der Waals surface area contributed by atoms with Gasteiger partial charge in [0.2, 0.25) is 0 Å². The number of rotatable bonds is 12. The van der Waals surface area contributed by atoms with Crippen molar-refractivity contribution in [2.45, 2.75) is 19.4 Å². The third-order valence-electron chi connectivity index (χ3n) is 6.07. The summed E-state index contributed by atoms with van der Waals surface area (Å²) in [6.45, 7) is 7.40. The summed E-state index contributed by atoms with van der Waals surface area (Å²) in [6, 6.07) is 13.1. The Morgan fingerprint density at radius 2 is 2.08 bits per heavy atom. The molecule has 0 saturated carbocycles. The highest BCUT2D eigenvalue weighted by molar-refractivity contribution is 5.92. The van der Waals surface area contributed by atoms with Crippen LogP contribution in [0.4, 0.5) is 10.5 Å². The molecule has 9 nitrogen and oxygen atoms in total. The van der Waals surface area contributed by atoms with E-state index in [4.69, 9.17) is 19.6 Å². The Hall–Kier alpha value is -3.43. The normalized spacial score (nSPS) is 14.9. The largest absolute Gasteiger partial charge is 0.497 e. The molecule has 2 aromatic carbocycles. The van der Waals surface area contributed by atoms with E-state index in [-0.39, 0.29) is 11.9 Å². The summed E-state index contributed by atoms with van der Waals surface area (Å²) in [4.78, 5) is 21.3. The summed E-state index contributed by atoms with van der Waals surface area (Å²) in [5.74, 6) is 1.07. The number of hydrogen-bond donors (Lipinski definition) is 2. The summed E-state index contributed by atoms with van der Waals surface area (Å²) in [5.41, 5.74) is 2.45. The van der Waals surface area contributed by atoms with Gasteiger partial charge in [0.25, 0.3) is 0 Å². The summed E-state index contributed by atoms with van der Waals surface area (Å²) in [5, 5.41) is 10.8. The zero-order chi connectivity index (χ0) is 25.8. The van der Waals surface area contributed by atoms with Gasteiger partial charge in [-0.1, -0.05) is 18.2 Å². The van der Waals surface area contributed by atoms with Crippen LogP contribution >= 0.6 is 0 Å². The molecule has 1 heterocycles. The topological polar surface area (TPSA) is 99.5 Å². The maximum Gasteiger partial charge on any atom is 0.322 e. The van der Waals surface area contributed by atoms with Crippen LogP contribution in [0.5, 0.6) is 11.5 Å². The van der Waals surface area contributed by atoms with Crippen molar-refractivity contribution in [1.82, 2.24) is 9.80 Å². The van der Waals surface area contributed by atoms with Crippen LogP contribution in [0.15, 0.2) is 47.5 Å². The lowest BCUT2D eigenvalue weighted by Gasteiger charge is -2.27. The van der Waals surface area contributed by atoms with E-state index in [0.717, 1.165) is 49.7 Å². The Kier molecular flexibility index (Phi) is 10.7. The van der Waals surface area contributed by atoms with Gasteiger partial charge in [0.05, 0.1) is 31.9 Å². The van der Waals surface area contributed by atoms with Crippen LogP contribution in [0.25, 0.3) is 0 Å². The van der Waals surface area contributed by atoms with E-state index in [1.165, 1.54) is 6.21 Å². The van der Waals surface area contributed by atoms with E-state index < -0.39 is 0 Å². The molecular formula is C27H37N5O4. The summed E-state index contributed by atoms with van der Waals surface area (Å²) < 4.78 is 16.9. The van der Waals surface area contributed by atoms with Gasteiger partial charge in [-0.3, -0.25) is 9.89 Å². The number of urea groups is 1. The fourth-order valence-corrected chi connectivity index (χ4v) is 3.98. The second-order valence-electron chi connectivity index (χ2n) is 8.45. The van der Waals surface area contributed by atoms with E-state index >= 15 is 0 Å². The number of anilines is 1. The Labute approximate surface area is 213 Å². The fourth-order valence-electron chi connectivity index (χ4n) is 3.98. The van der Waals surface area contributed by atoms with Crippen LogP contribution in [0, 0.1) is 5.41 Å². The van der Waals surface area contributed by atoms with Gasteiger partial charge >= 0.3 is 6.03 Å². The molecule has 1 aliphatic heterocycles. The molecule has 0 aliphatic carbocycles. The molecule has 1 fully saturated rings. The second kappa shape index (κ2) is 14.2. The lowest BCUT2D eigenvalue weighted by atomic mass is 10.0. The molecule has 0 radical (unpaired) electrons. The zero-order valence-electron chi connectivity index (χ0n) is 21.4. The molecule has 1 unspecified atom stereocenters. The summed E-state index contributed by atoms with van der Waals surface area (Å²) >= 11 is 0. The van der Waals surface area contributed by atoms with E-state index in [9.17, 15) is 4.79 Å². The van der Waals surface area contributed by atoms with E-state index in [0.29, 0.717) is 31.1 Å². The summed E-state index contributed by atoms with van der Waals surface area (Å²) in [7, 11) is 3.32. The number of methoxy groups -OCH3 is 1. The summed E-state index contributed by atoms with van der Waals surface area (Å²) in [6.07, 6.45) is 3.05. The molecule has 1 saturated heterocycles. The van der Waals surface area contributed by atoms with Gasteiger partial charge < -0.3 is 29.8 Å². The molecule has 36 heavy (non-hydrogen) atoms. The number of benzene rings is 2. The molecule has 9 heteroatoms. The van der Waals surface area contributed by atoms with E-state index in [2.05, 4.69) is 15.2 Å². The quantitative estimate of drug-likeness (QED) is 0.435. The first-order chi connectivity index (χ1) is 17.6. The van der Waals surface area contributed by atoms with Crippen molar-refractivity contribution in [3.8, 4) is 11.5 Å². The number of hydrogen-bond acceptors (Lipinski definition) is 7. The molecule has 3 rings (SSSR count). The molecule has 194 valence electrons. The van der Waals surface area contributed by atoms with Crippen molar-refractivity contribution < 1.29 is 19.0 Å². The predicted octanol–water partition coefficient (Wildman–Crippen LogP) is 3.89. The Bertz CT molecular complexity index is 1020. The van der Waals surface area contributed by atoms with Crippen LogP contribution in [0.1, 0.15) is 24.0 Å². The minimum Gasteiger partial charge on any atom is -0.497 e. The van der Waals surface area contributed by atoms with Crippen molar-refractivity contribution in [3.63, 3.8) is 0 Å². The molecule has 0 spiro atoms. The minimum atomic E-state index is -0.262. The van der Waals surface area contributed by atoms with Gasteiger partial charge in [0.1, 0.15) is 18.1 Å². The van der Waals surface area contributed by atoms with Crippen LogP contribution in [0.3, 0.4) is 0 Å². The minimum absolute atomic E-state index is 0.218. The number of carbonyl (C=O) groups excluding carboxylic acids is 1. The Morgan fingerprint density at radius 1 is 1.28 bits per heavy atom. The number of nitrogens with zero attached hydrogens (tertiary/aromatic N) is 3. The first-order valence-electron chi connectivity index (χ1n) is 12.3. The number of amides is 2. The van der Waals surface area contributed by atoms with Gasteiger partial charge in [-0.2, -0.15) is 0 Å². The first kappa shape index (κ1) is 27.2. The molecular weight excluding hydrogens is 458 g/mol. The SMILES string of the molecule is CCN(Cc1cccc(OC)c1)C(=O)Nc1ccc(C(C=N)C=NC)cc1OCCN1CCOCC1. The lowest BCUT2D eigenvalue weighted by Crippen LogP contribution is -2.38. The Morgan fingerprint density at radius 3 is 2.78 bits per heavy atom. The van der Waals surface area contributed by atoms with Crippen molar-refractivity contribution >= 4 is 24.1 Å². The first-order valence-corrected chi connectivity index (χ1v) is 12.3. The average Bonchev–Trinajstić information content (AvgIpc) is 2.91. The third-order valence-corrected chi connectivity index (χ3v) is 6.07. The second-order valence-corrected chi connectivity index (χ2v) is 8.45. The van der Waals surface area contributed by atoms with Gasteiger partial charge in [-0.05, 0) is 42.3 Å². The fraction of sp³-hybridized carbons (Fsp3) is 0.444. The van der Waals surface area contributed by atoms with Crippen LogP contribution in [0.2, 0.25) is 0 Å². The highest BCUT2D eigenvalue weighted by Crippen LogP contribution is 2.29. The highest BCUT2D eigenvalue weighted by Gasteiger charge is 2.18. The lowest BCUT2D eigenvalue weighted by molar-refractivity contribution is 0.0323. The zero-order valence-corrected chi connectivity index (χ0v) is 21.4. The number of carbonyl (C=O) groups is 1. The monoisotopic (exact) mass is 495 g/mol. The standard InChI is InChI=1S/C27H37N5O4/c1-4-32(20-21-6-5-7-24(16-21)34-3)27(33)30-25-9-8-22(23(18-28)19-29-2)17-26(25)36-15-12-31-10-13-35-14-11-31/h5-9,16-19,23,28H,4,10-15,20H2,1-3H3,(H,30,33). The van der Waals surface area contributed by atoms with Gasteiger partial charge in [0.15, 0.2) is 0 Å². The maximum absolute atomic E-state index is 13.2. The number of ether oxygens (including phenoxy) is 3. The molecule has 2 amide bonds. The number of morpholine rings is 1. The van der Waals surface area contributed by atoms with E-state index in [1.54, 1.807) is 25.3 Å².